The predicted molar refractivity (Wildman–Crippen MR) is 112 cm³/mol. The number of morpholine rings is 1. The number of hydrogen-bond donors (Lipinski definition) is 1. The van der Waals surface area contributed by atoms with Crippen LogP contribution in [0.15, 0.2) is 29.3 Å². The molecule has 1 aromatic carbocycles. The maximum absolute atomic E-state index is 13.0. The third-order valence-electron chi connectivity index (χ3n) is 5.69. The molecular formula is C21H30F3N5O2. The van der Waals surface area contributed by atoms with Gasteiger partial charge in [0, 0.05) is 59.8 Å². The number of nitrogens with one attached hydrogen (secondary N) is 1. The first-order valence-corrected chi connectivity index (χ1v) is 10.5. The number of halogens is 3. The van der Waals surface area contributed by atoms with E-state index in [0.717, 1.165) is 44.9 Å². The van der Waals surface area contributed by atoms with Gasteiger partial charge in [0.05, 0.1) is 18.7 Å². The molecule has 2 fully saturated rings. The summed E-state index contributed by atoms with van der Waals surface area (Å²) in [5.74, 6) is 0.823. The summed E-state index contributed by atoms with van der Waals surface area (Å²) in [7, 11) is 1.70. The van der Waals surface area contributed by atoms with E-state index in [4.69, 9.17) is 4.74 Å². The van der Waals surface area contributed by atoms with Crippen molar-refractivity contribution >= 4 is 11.9 Å². The third kappa shape index (κ3) is 6.33. The normalized spacial score (nSPS) is 21.3. The van der Waals surface area contributed by atoms with Crippen molar-refractivity contribution < 1.29 is 22.7 Å². The average Bonchev–Trinajstić information content (AvgIpc) is 2.76. The van der Waals surface area contributed by atoms with E-state index in [2.05, 4.69) is 15.2 Å². The predicted octanol–water partition coefficient (Wildman–Crippen LogP) is 1.82. The van der Waals surface area contributed by atoms with Crippen molar-refractivity contribution in [3.8, 4) is 0 Å². The standard InChI is InChI=1S/C21H30F3N5O2/c1-16(30)28-10-8-27(9-11-28)7-6-26-20(25-2)29-12-13-31-19(15-29)17-4-3-5-18(14-17)21(22,23)24/h3-5,14,19H,6-13,15H2,1-2H3,(H,25,26). The van der Waals surface area contributed by atoms with Crippen LogP contribution in [0.25, 0.3) is 0 Å². The van der Waals surface area contributed by atoms with Crippen LogP contribution in [0.4, 0.5) is 13.2 Å². The number of rotatable bonds is 4. The fourth-order valence-electron chi connectivity index (χ4n) is 3.90. The second-order valence-corrected chi connectivity index (χ2v) is 7.75. The summed E-state index contributed by atoms with van der Waals surface area (Å²) in [5, 5.41) is 3.35. The molecule has 1 amide bonds. The molecule has 1 N–H and O–H groups in total. The lowest BCUT2D eigenvalue weighted by molar-refractivity contribution is -0.137. The summed E-state index contributed by atoms with van der Waals surface area (Å²) in [5.41, 5.74) is -0.156. The van der Waals surface area contributed by atoms with Crippen LogP contribution < -0.4 is 5.32 Å². The van der Waals surface area contributed by atoms with Crippen molar-refractivity contribution in [3.05, 3.63) is 35.4 Å². The van der Waals surface area contributed by atoms with Crippen molar-refractivity contribution in [1.29, 1.82) is 0 Å². The summed E-state index contributed by atoms with van der Waals surface area (Å²) in [6.45, 7) is 7.74. The van der Waals surface area contributed by atoms with Gasteiger partial charge in [-0.1, -0.05) is 12.1 Å². The number of aliphatic imine (C=N–C) groups is 1. The summed E-state index contributed by atoms with van der Waals surface area (Å²) in [4.78, 5) is 21.9. The van der Waals surface area contributed by atoms with Gasteiger partial charge in [-0.2, -0.15) is 13.2 Å². The lowest BCUT2D eigenvalue weighted by Crippen LogP contribution is -2.52. The van der Waals surface area contributed by atoms with E-state index in [1.807, 2.05) is 9.80 Å². The summed E-state index contributed by atoms with van der Waals surface area (Å²) >= 11 is 0. The smallest absolute Gasteiger partial charge is 0.370 e. The highest BCUT2D eigenvalue weighted by atomic mass is 19.4. The molecule has 31 heavy (non-hydrogen) atoms. The van der Waals surface area contributed by atoms with Gasteiger partial charge in [-0.3, -0.25) is 14.7 Å². The molecule has 1 aromatic rings. The van der Waals surface area contributed by atoms with E-state index in [-0.39, 0.29) is 5.91 Å². The lowest BCUT2D eigenvalue weighted by Gasteiger charge is -2.36. The van der Waals surface area contributed by atoms with Gasteiger partial charge in [-0.25, -0.2) is 0 Å². The maximum Gasteiger partial charge on any atom is 0.416 e. The number of guanidine groups is 1. The molecule has 0 spiro atoms. The Bertz CT molecular complexity index is 779. The Morgan fingerprint density at radius 1 is 1.19 bits per heavy atom. The number of carbonyl (C=O) groups excluding carboxylic acids is 1. The van der Waals surface area contributed by atoms with Gasteiger partial charge in [-0.05, 0) is 17.7 Å². The number of piperazine rings is 1. The van der Waals surface area contributed by atoms with E-state index in [1.165, 1.54) is 6.07 Å². The SMILES string of the molecule is CN=C(NCCN1CCN(C(C)=O)CC1)N1CCOC(c2cccc(C(F)(F)F)c2)C1. The van der Waals surface area contributed by atoms with Gasteiger partial charge in [0.1, 0.15) is 6.10 Å². The van der Waals surface area contributed by atoms with Gasteiger partial charge in [-0.15, -0.1) is 0 Å². The van der Waals surface area contributed by atoms with Gasteiger partial charge >= 0.3 is 6.18 Å². The van der Waals surface area contributed by atoms with Crippen molar-refractivity contribution in [2.45, 2.75) is 19.2 Å². The fourth-order valence-corrected chi connectivity index (χ4v) is 3.90. The number of nitrogens with zero attached hydrogens (tertiary/aromatic N) is 4. The first-order valence-electron chi connectivity index (χ1n) is 10.5. The Hall–Kier alpha value is -2.33. The highest BCUT2D eigenvalue weighted by Gasteiger charge is 2.32. The van der Waals surface area contributed by atoms with Crippen LogP contribution >= 0.6 is 0 Å². The topological polar surface area (TPSA) is 60.4 Å². The number of alkyl halides is 3. The van der Waals surface area contributed by atoms with Crippen LogP contribution in [-0.4, -0.2) is 92.6 Å². The first kappa shape index (κ1) is 23.3. The summed E-state index contributed by atoms with van der Waals surface area (Å²) < 4.78 is 44.9. The molecular weight excluding hydrogens is 411 g/mol. The molecule has 0 aliphatic carbocycles. The number of hydrogen-bond acceptors (Lipinski definition) is 4. The van der Waals surface area contributed by atoms with Crippen LogP contribution in [0, 0.1) is 0 Å². The second-order valence-electron chi connectivity index (χ2n) is 7.75. The second kappa shape index (κ2) is 10.3. The monoisotopic (exact) mass is 441 g/mol. The molecule has 10 heteroatoms. The van der Waals surface area contributed by atoms with Gasteiger partial charge in [0.25, 0.3) is 0 Å². The molecule has 7 nitrogen and oxygen atoms in total. The van der Waals surface area contributed by atoms with E-state index < -0.39 is 17.8 Å². The van der Waals surface area contributed by atoms with Crippen LogP contribution in [0.1, 0.15) is 24.2 Å². The molecule has 2 saturated heterocycles. The molecule has 0 bridgehead atoms. The molecule has 2 aliphatic heterocycles. The minimum absolute atomic E-state index is 0.112. The quantitative estimate of drug-likeness (QED) is 0.571. The largest absolute Gasteiger partial charge is 0.416 e. The number of benzene rings is 1. The summed E-state index contributed by atoms with van der Waals surface area (Å²) in [6, 6.07) is 5.31. The molecule has 172 valence electrons. The average molecular weight is 441 g/mol. The molecule has 2 heterocycles. The molecule has 1 unspecified atom stereocenters. The van der Waals surface area contributed by atoms with Crippen LogP contribution in [0.3, 0.4) is 0 Å². The van der Waals surface area contributed by atoms with Gasteiger partial charge in [0.15, 0.2) is 5.96 Å². The van der Waals surface area contributed by atoms with Crippen LogP contribution in [-0.2, 0) is 15.7 Å². The third-order valence-corrected chi connectivity index (χ3v) is 5.69. The van der Waals surface area contributed by atoms with Gasteiger partial charge < -0.3 is 19.9 Å². The van der Waals surface area contributed by atoms with Crippen molar-refractivity contribution in [2.24, 2.45) is 4.99 Å². The number of carbonyl (C=O) groups is 1. The lowest BCUT2D eigenvalue weighted by atomic mass is 10.0. The fraction of sp³-hybridized carbons (Fsp3) is 0.619. The maximum atomic E-state index is 13.0. The van der Waals surface area contributed by atoms with E-state index in [0.29, 0.717) is 37.8 Å². The van der Waals surface area contributed by atoms with E-state index in [1.54, 1.807) is 20.0 Å². The minimum Gasteiger partial charge on any atom is -0.370 e. The Labute approximate surface area is 180 Å². The van der Waals surface area contributed by atoms with Gasteiger partial charge in [0.2, 0.25) is 5.91 Å². The van der Waals surface area contributed by atoms with Crippen LogP contribution in [0.5, 0.6) is 0 Å². The molecule has 2 aliphatic rings. The van der Waals surface area contributed by atoms with Crippen molar-refractivity contribution in [2.75, 3.05) is 66.0 Å². The Kier molecular flexibility index (Phi) is 7.77. The molecule has 1 atom stereocenters. The number of amides is 1. The highest BCUT2D eigenvalue weighted by molar-refractivity contribution is 5.80. The Morgan fingerprint density at radius 3 is 2.58 bits per heavy atom. The van der Waals surface area contributed by atoms with Crippen molar-refractivity contribution in [1.82, 2.24) is 20.0 Å². The first-order chi connectivity index (χ1) is 14.8. The van der Waals surface area contributed by atoms with Crippen molar-refractivity contribution in [3.63, 3.8) is 0 Å². The van der Waals surface area contributed by atoms with E-state index >= 15 is 0 Å². The zero-order chi connectivity index (χ0) is 22.4. The van der Waals surface area contributed by atoms with Crippen LogP contribution in [0.2, 0.25) is 0 Å². The minimum atomic E-state index is -4.38. The highest BCUT2D eigenvalue weighted by Crippen LogP contribution is 2.32. The Balaban J connectivity index is 1.51. The zero-order valence-electron chi connectivity index (χ0n) is 18.0. The summed E-state index contributed by atoms with van der Waals surface area (Å²) in [6.07, 6.45) is -4.83. The molecule has 3 rings (SSSR count). The Morgan fingerprint density at radius 2 is 1.94 bits per heavy atom. The number of ether oxygens (including phenoxy) is 1. The molecule has 0 saturated carbocycles. The molecule has 0 radical (unpaired) electrons. The van der Waals surface area contributed by atoms with E-state index in [9.17, 15) is 18.0 Å². The zero-order valence-corrected chi connectivity index (χ0v) is 18.0. The molecule has 0 aromatic heterocycles.